The summed E-state index contributed by atoms with van der Waals surface area (Å²) in [4.78, 5) is 24.3. The van der Waals surface area contributed by atoms with Gasteiger partial charge in [0.1, 0.15) is 0 Å². The molecular weight excluding hydrogens is 303 g/mol. The zero-order chi connectivity index (χ0) is 17.2. The third-order valence-corrected chi connectivity index (χ3v) is 4.09. The van der Waals surface area contributed by atoms with Gasteiger partial charge in [-0.2, -0.15) is 4.39 Å². The number of aliphatic hydroxyl groups is 1. The van der Waals surface area contributed by atoms with Crippen molar-refractivity contribution in [1.82, 2.24) is 4.90 Å². The van der Waals surface area contributed by atoms with Crippen LogP contribution in [0.2, 0.25) is 0 Å². The van der Waals surface area contributed by atoms with Gasteiger partial charge in [-0.15, -0.1) is 0 Å². The second-order valence-electron chi connectivity index (χ2n) is 6.81. The first-order chi connectivity index (χ1) is 10.7. The van der Waals surface area contributed by atoms with Gasteiger partial charge in [0.2, 0.25) is 11.7 Å². The van der Waals surface area contributed by atoms with Crippen molar-refractivity contribution in [3.63, 3.8) is 0 Å². The Hall–Kier alpha value is -2.02. The molecule has 1 aromatic rings. The van der Waals surface area contributed by atoms with Gasteiger partial charge in [0.25, 0.3) is 0 Å². The van der Waals surface area contributed by atoms with Crippen LogP contribution in [-0.2, 0) is 11.2 Å². The average molecular weight is 324 g/mol. The molecule has 1 N–H and O–H groups in total. The number of para-hydroxylation sites is 1. The van der Waals surface area contributed by atoms with E-state index in [2.05, 4.69) is 0 Å². The molecule has 1 saturated heterocycles. The van der Waals surface area contributed by atoms with Crippen LogP contribution in [0.5, 0.6) is 0 Å². The summed E-state index contributed by atoms with van der Waals surface area (Å²) >= 11 is 0. The van der Waals surface area contributed by atoms with Crippen LogP contribution in [0.15, 0.2) is 18.2 Å². The maximum atomic E-state index is 13.6. The molecule has 0 aromatic heterocycles. The molecular formula is C16H21FN2O4. The first-order valence-corrected chi connectivity index (χ1v) is 7.57. The number of nitrogens with zero attached hydrogens (tertiary/aromatic N) is 2. The summed E-state index contributed by atoms with van der Waals surface area (Å²) in [6.45, 7) is 4.79. The zero-order valence-electron chi connectivity index (χ0n) is 13.3. The molecule has 1 aliphatic rings. The van der Waals surface area contributed by atoms with E-state index in [-0.39, 0.29) is 23.3 Å². The number of benzene rings is 1. The van der Waals surface area contributed by atoms with Crippen molar-refractivity contribution in [1.29, 1.82) is 0 Å². The van der Waals surface area contributed by atoms with E-state index in [0.29, 0.717) is 25.9 Å². The lowest BCUT2D eigenvalue weighted by atomic mass is 9.87. The zero-order valence-corrected chi connectivity index (χ0v) is 13.3. The molecule has 0 radical (unpaired) electrons. The summed E-state index contributed by atoms with van der Waals surface area (Å²) in [5.41, 5.74) is -0.808. The molecule has 7 heteroatoms. The van der Waals surface area contributed by atoms with Gasteiger partial charge in [-0.25, -0.2) is 0 Å². The minimum Gasteiger partial charge on any atom is -0.393 e. The highest BCUT2D eigenvalue weighted by Gasteiger charge is 2.32. The Kier molecular flexibility index (Phi) is 4.99. The van der Waals surface area contributed by atoms with Crippen molar-refractivity contribution >= 4 is 11.6 Å². The molecule has 0 saturated carbocycles. The van der Waals surface area contributed by atoms with Crippen LogP contribution in [0.3, 0.4) is 0 Å². The lowest BCUT2D eigenvalue weighted by Crippen LogP contribution is -2.38. The summed E-state index contributed by atoms with van der Waals surface area (Å²) in [5.74, 6) is -1.23. The van der Waals surface area contributed by atoms with Crippen LogP contribution in [0.25, 0.3) is 0 Å². The van der Waals surface area contributed by atoms with E-state index in [1.54, 1.807) is 4.90 Å². The lowest BCUT2D eigenvalue weighted by molar-refractivity contribution is -0.388. The quantitative estimate of drug-likeness (QED) is 0.683. The summed E-state index contributed by atoms with van der Waals surface area (Å²) in [5, 5.41) is 20.9. The standard InChI is InChI=1S/C16H21FN2O4/c1-16(2)9-12(20)6-7-18(10-16)14(21)8-11-4-3-5-13(17)15(11)19(22)23/h3-5,12,20H,6-10H2,1-2H3. The number of amides is 1. The summed E-state index contributed by atoms with van der Waals surface area (Å²) in [6.07, 6.45) is 0.378. The average Bonchev–Trinajstić information content (AvgIpc) is 2.55. The summed E-state index contributed by atoms with van der Waals surface area (Å²) < 4.78 is 13.6. The van der Waals surface area contributed by atoms with Gasteiger partial charge in [0.15, 0.2) is 0 Å². The number of aliphatic hydroxyl groups excluding tert-OH is 1. The smallest absolute Gasteiger partial charge is 0.308 e. The molecule has 1 fully saturated rings. The maximum absolute atomic E-state index is 13.6. The van der Waals surface area contributed by atoms with Crippen molar-refractivity contribution in [2.75, 3.05) is 13.1 Å². The lowest BCUT2D eigenvalue weighted by Gasteiger charge is -2.29. The monoisotopic (exact) mass is 324 g/mol. The Balaban J connectivity index is 2.19. The molecule has 126 valence electrons. The number of carbonyl (C=O) groups is 1. The number of hydrogen-bond acceptors (Lipinski definition) is 4. The van der Waals surface area contributed by atoms with Gasteiger partial charge >= 0.3 is 5.69 Å². The molecule has 1 unspecified atom stereocenters. The van der Waals surface area contributed by atoms with E-state index in [0.717, 1.165) is 6.07 Å². The van der Waals surface area contributed by atoms with Gasteiger partial charge in [-0.05, 0) is 24.3 Å². The number of rotatable bonds is 3. The number of halogens is 1. The molecule has 1 aliphatic heterocycles. The Morgan fingerprint density at radius 2 is 2.22 bits per heavy atom. The summed E-state index contributed by atoms with van der Waals surface area (Å²) in [6, 6.07) is 3.77. The highest BCUT2D eigenvalue weighted by atomic mass is 19.1. The van der Waals surface area contributed by atoms with Crippen molar-refractivity contribution in [3.8, 4) is 0 Å². The van der Waals surface area contributed by atoms with Crippen molar-refractivity contribution < 1.29 is 19.2 Å². The Morgan fingerprint density at radius 3 is 2.87 bits per heavy atom. The van der Waals surface area contributed by atoms with E-state index < -0.39 is 22.5 Å². The third kappa shape index (κ3) is 4.25. The fourth-order valence-electron chi connectivity index (χ4n) is 3.10. The molecule has 1 atom stereocenters. The fourth-order valence-corrected chi connectivity index (χ4v) is 3.10. The highest BCUT2D eigenvalue weighted by molar-refractivity contribution is 5.80. The molecule has 2 rings (SSSR count). The second-order valence-corrected chi connectivity index (χ2v) is 6.81. The fraction of sp³-hybridized carbons (Fsp3) is 0.562. The van der Waals surface area contributed by atoms with Crippen LogP contribution in [0, 0.1) is 21.3 Å². The topological polar surface area (TPSA) is 83.7 Å². The molecule has 6 nitrogen and oxygen atoms in total. The van der Waals surface area contributed by atoms with E-state index in [1.807, 2.05) is 13.8 Å². The first-order valence-electron chi connectivity index (χ1n) is 7.57. The largest absolute Gasteiger partial charge is 0.393 e. The molecule has 1 amide bonds. The predicted octanol–water partition coefficient (Wildman–Crippen LogP) is 2.29. The van der Waals surface area contributed by atoms with Crippen LogP contribution in [0.4, 0.5) is 10.1 Å². The Morgan fingerprint density at radius 1 is 1.52 bits per heavy atom. The number of hydrogen-bond donors (Lipinski definition) is 1. The van der Waals surface area contributed by atoms with E-state index in [1.165, 1.54) is 12.1 Å². The van der Waals surface area contributed by atoms with Crippen LogP contribution >= 0.6 is 0 Å². The summed E-state index contributed by atoms with van der Waals surface area (Å²) in [7, 11) is 0. The number of nitro groups is 1. The van der Waals surface area contributed by atoms with Crippen molar-refractivity contribution in [2.24, 2.45) is 5.41 Å². The normalized spacial score (nSPS) is 20.9. The maximum Gasteiger partial charge on any atom is 0.308 e. The van der Waals surface area contributed by atoms with Crippen LogP contribution in [-0.4, -0.2) is 40.0 Å². The molecule has 1 heterocycles. The first kappa shape index (κ1) is 17.3. The van der Waals surface area contributed by atoms with Crippen LogP contribution < -0.4 is 0 Å². The van der Waals surface area contributed by atoms with Crippen molar-refractivity contribution in [3.05, 3.63) is 39.7 Å². The molecule has 0 aliphatic carbocycles. The Labute approximate surface area is 134 Å². The van der Waals surface area contributed by atoms with E-state index in [9.17, 15) is 24.4 Å². The van der Waals surface area contributed by atoms with Crippen molar-refractivity contribution in [2.45, 2.75) is 39.2 Å². The van der Waals surface area contributed by atoms with Gasteiger partial charge in [-0.1, -0.05) is 26.0 Å². The van der Waals surface area contributed by atoms with Crippen LogP contribution in [0.1, 0.15) is 32.3 Å². The minimum atomic E-state index is -0.938. The Bertz CT molecular complexity index is 618. The van der Waals surface area contributed by atoms with Gasteiger partial charge in [-0.3, -0.25) is 14.9 Å². The van der Waals surface area contributed by atoms with Gasteiger partial charge in [0.05, 0.1) is 17.4 Å². The van der Waals surface area contributed by atoms with Gasteiger partial charge in [0, 0.05) is 18.7 Å². The predicted molar refractivity (Wildman–Crippen MR) is 82.4 cm³/mol. The highest BCUT2D eigenvalue weighted by Crippen LogP contribution is 2.29. The molecule has 23 heavy (non-hydrogen) atoms. The second kappa shape index (κ2) is 6.62. The SMILES string of the molecule is CC1(C)CC(O)CCN(C(=O)Cc2cccc(F)c2[N+](=O)[O-])C1. The third-order valence-electron chi connectivity index (χ3n) is 4.09. The molecule has 1 aromatic carbocycles. The number of nitro benzene ring substituents is 1. The molecule has 0 bridgehead atoms. The number of carbonyl (C=O) groups excluding carboxylic acids is 1. The number of likely N-dealkylation sites (tertiary alicyclic amines) is 1. The van der Waals surface area contributed by atoms with E-state index in [4.69, 9.17) is 0 Å². The minimum absolute atomic E-state index is 0.0719. The van der Waals surface area contributed by atoms with E-state index >= 15 is 0 Å². The molecule has 0 spiro atoms. The van der Waals surface area contributed by atoms with Gasteiger partial charge < -0.3 is 10.0 Å².